The van der Waals surface area contributed by atoms with Gasteiger partial charge in [-0.1, -0.05) is 59.6 Å². The van der Waals surface area contributed by atoms with Crippen LogP contribution in [-0.4, -0.2) is 43.8 Å². The maximum absolute atomic E-state index is 13.8. The lowest BCUT2D eigenvalue weighted by Gasteiger charge is -2.32. The molecule has 10 heteroatoms. The van der Waals surface area contributed by atoms with Crippen LogP contribution in [0.4, 0.5) is 5.69 Å². The van der Waals surface area contributed by atoms with Gasteiger partial charge in [0.1, 0.15) is 12.6 Å². The summed E-state index contributed by atoms with van der Waals surface area (Å²) in [5.41, 5.74) is 1.74. The van der Waals surface area contributed by atoms with Crippen molar-refractivity contribution in [2.45, 2.75) is 51.2 Å². The Morgan fingerprint density at radius 1 is 0.921 bits per heavy atom. The molecule has 202 valence electrons. The third-order valence-electron chi connectivity index (χ3n) is 5.92. The number of carbonyl (C=O) groups excluding carboxylic acids is 2. The van der Waals surface area contributed by atoms with Crippen molar-refractivity contribution in [3.8, 4) is 0 Å². The van der Waals surface area contributed by atoms with Gasteiger partial charge in [-0.15, -0.1) is 0 Å². The predicted octanol–water partition coefficient (Wildman–Crippen LogP) is 5.44. The smallest absolute Gasteiger partial charge is 0.264 e. The molecule has 0 fully saturated rings. The molecule has 0 aliphatic carbocycles. The number of nitrogens with zero attached hydrogens (tertiary/aromatic N) is 2. The monoisotopic (exact) mass is 575 g/mol. The van der Waals surface area contributed by atoms with E-state index in [1.807, 2.05) is 13.8 Å². The van der Waals surface area contributed by atoms with Crippen molar-refractivity contribution in [1.29, 1.82) is 0 Å². The molecule has 0 aliphatic heterocycles. The van der Waals surface area contributed by atoms with Crippen molar-refractivity contribution >= 4 is 50.7 Å². The number of aryl methyl sites for hydroxylation is 1. The van der Waals surface area contributed by atoms with Crippen LogP contribution in [-0.2, 0) is 26.2 Å². The van der Waals surface area contributed by atoms with E-state index >= 15 is 0 Å². The summed E-state index contributed by atoms with van der Waals surface area (Å²) in [5, 5.41) is 3.73. The van der Waals surface area contributed by atoms with E-state index in [9.17, 15) is 18.0 Å². The van der Waals surface area contributed by atoms with Gasteiger partial charge in [0, 0.05) is 22.6 Å². The number of amides is 2. The Kier molecular flexibility index (Phi) is 9.82. The van der Waals surface area contributed by atoms with Gasteiger partial charge in [0.05, 0.1) is 10.6 Å². The molecule has 7 nitrogen and oxygen atoms in total. The average Bonchev–Trinajstić information content (AvgIpc) is 2.88. The Labute approximate surface area is 234 Å². The SMILES string of the molecule is Cc1ccc(N(CC(=O)N(Cc2ccc(Cl)cc2)C(C)C(=O)NC(C)C)S(=O)(=O)c2ccccc2)cc1Cl. The molecule has 0 spiro atoms. The van der Waals surface area contributed by atoms with Crippen molar-refractivity contribution in [3.05, 3.63) is 94.0 Å². The second-order valence-corrected chi connectivity index (χ2v) is 12.0. The highest BCUT2D eigenvalue weighted by Gasteiger charge is 2.32. The van der Waals surface area contributed by atoms with Crippen LogP contribution in [0.25, 0.3) is 0 Å². The lowest BCUT2D eigenvalue weighted by molar-refractivity contribution is -0.139. The second-order valence-electron chi connectivity index (χ2n) is 9.25. The predicted molar refractivity (Wildman–Crippen MR) is 152 cm³/mol. The standard InChI is InChI=1S/C28H31Cl2N3O4S/c1-19(2)31-28(35)21(4)32(17-22-11-13-23(29)14-12-22)27(34)18-33(24-15-10-20(3)26(30)16-24)38(36,37)25-8-6-5-7-9-25/h5-16,19,21H,17-18H2,1-4H3,(H,31,35). The molecule has 1 atom stereocenters. The largest absolute Gasteiger partial charge is 0.352 e. The summed E-state index contributed by atoms with van der Waals surface area (Å²) < 4.78 is 28.5. The van der Waals surface area contributed by atoms with E-state index in [1.165, 1.54) is 23.1 Å². The normalized spacial score (nSPS) is 12.2. The number of halogens is 2. The molecule has 0 bridgehead atoms. The first-order chi connectivity index (χ1) is 17.9. The molecule has 0 aliphatic rings. The zero-order valence-electron chi connectivity index (χ0n) is 21.7. The highest BCUT2D eigenvalue weighted by atomic mass is 35.5. The van der Waals surface area contributed by atoms with Crippen molar-refractivity contribution in [2.75, 3.05) is 10.8 Å². The number of hydrogen-bond acceptors (Lipinski definition) is 4. The van der Waals surface area contributed by atoms with Crippen molar-refractivity contribution in [3.63, 3.8) is 0 Å². The van der Waals surface area contributed by atoms with E-state index in [1.54, 1.807) is 68.4 Å². The molecule has 0 aromatic heterocycles. The van der Waals surface area contributed by atoms with E-state index in [-0.39, 0.29) is 29.1 Å². The fraction of sp³-hybridized carbons (Fsp3) is 0.286. The Balaban J connectivity index is 2.04. The van der Waals surface area contributed by atoms with Gasteiger partial charge in [-0.25, -0.2) is 8.42 Å². The summed E-state index contributed by atoms with van der Waals surface area (Å²) in [7, 11) is -4.15. The van der Waals surface area contributed by atoms with Gasteiger partial charge < -0.3 is 10.2 Å². The maximum Gasteiger partial charge on any atom is 0.264 e. The van der Waals surface area contributed by atoms with Crippen LogP contribution in [0.1, 0.15) is 31.9 Å². The van der Waals surface area contributed by atoms with E-state index in [0.29, 0.717) is 10.0 Å². The van der Waals surface area contributed by atoms with Crippen LogP contribution in [0.3, 0.4) is 0 Å². The number of hydrogen-bond donors (Lipinski definition) is 1. The Morgan fingerprint density at radius 3 is 2.13 bits per heavy atom. The topological polar surface area (TPSA) is 86.8 Å². The molecule has 3 rings (SSSR count). The maximum atomic E-state index is 13.8. The zero-order chi connectivity index (χ0) is 28.0. The van der Waals surface area contributed by atoms with Crippen LogP contribution < -0.4 is 9.62 Å². The van der Waals surface area contributed by atoms with Gasteiger partial charge >= 0.3 is 0 Å². The average molecular weight is 577 g/mol. The summed E-state index contributed by atoms with van der Waals surface area (Å²) in [4.78, 5) is 28.2. The minimum absolute atomic E-state index is 0.0272. The third kappa shape index (κ3) is 7.28. The first kappa shape index (κ1) is 29.5. The van der Waals surface area contributed by atoms with Crippen LogP contribution in [0.2, 0.25) is 10.0 Å². The number of benzene rings is 3. The van der Waals surface area contributed by atoms with Crippen molar-refractivity contribution < 1.29 is 18.0 Å². The number of carbonyl (C=O) groups is 2. The number of anilines is 1. The first-order valence-electron chi connectivity index (χ1n) is 12.1. The van der Waals surface area contributed by atoms with Gasteiger partial charge in [-0.2, -0.15) is 0 Å². The molecular formula is C28H31Cl2N3O4S. The molecule has 0 saturated heterocycles. The van der Waals surface area contributed by atoms with E-state index in [0.717, 1.165) is 15.4 Å². The fourth-order valence-corrected chi connectivity index (χ4v) is 5.49. The first-order valence-corrected chi connectivity index (χ1v) is 14.3. The zero-order valence-corrected chi connectivity index (χ0v) is 24.0. The quantitative estimate of drug-likeness (QED) is 0.348. The third-order valence-corrected chi connectivity index (χ3v) is 8.37. The summed E-state index contributed by atoms with van der Waals surface area (Å²) in [6.45, 7) is 6.61. The molecular weight excluding hydrogens is 545 g/mol. The summed E-state index contributed by atoms with van der Waals surface area (Å²) in [6.07, 6.45) is 0. The van der Waals surface area contributed by atoms with Crippen LogP contribution in [0.15, 0.2) is 77.7 Å². The molecule has 0 heterocycles. The highest BCUT2D eigenvalue weighted by molar-refractivity contribution is 7.92. The molecule has 38 heavy (non-hydrogen) atoms. The minimum atomic E-state index is -4.15. The minimum Gasteiger partial charge on any atom is -0.352 e. The van der Waals surface area contributed by atoms with Crippen LogP contribution in [0.5, 0.6) is 0 Å². The van der Waals surface area contributed by atoms with E-state index in [2.05, 4.69) is 5.32 Å². The molecule has 0 saturated carbocycles. The Bertz CT molecular complexity index is 1380. The Morgan fingerprint density at radius 2 is 1.55 bits per heavy atom. The van der Waals surface area contributed by atoms with Crippen LogP contribution in [0, 0.1) is 6.92 Å². The molecule has 2 amide bonds. The van der Waals surface area contributed by atoms with Gasteiger partial charge in [0.15, 0.2) is 0 Å². The van der Waals surface area contributed by atoms with Gasteiger partial charge in [0.2, 0.25) is 11.8 Å². The molecule has 1 unspecified atom stereocenters. The summed E-state index contributed by atoms with van der Waals surface area (Å²) >= 11 is 12.4. The summed E-state index contributed by atoms with van der Waals surface area (Å²) in [5.74, 6) is -0.902. The molecule has 1 N–H and O–H groups in total. The molecule has 0 radical (unpaired) electrons. The lowest BCUT2D eigenvalue weighted by atomic mass is 10.1. The van der Waals surface area contributed by atoms with Gasteiger partial charge in [0.25, 0.3) is 10.0 Å². The fourth-order valence-electron chi connectivity index (χ4n) is 3.76. The number of rotatable bonds is 10. The lowest BCUT2D eigenvalue weighted by Crippen LogP contribution is -2.52. The van der Waals surface area contributed by atoms with E-state index < -0.39 is 28.5 Å². The Hall–Kier alpha value is -3.07. The number of sulfonamides is 1. The molecule has 3 aromatic carbocycles. The van der Waals surface area contributed by atoms with Crippen molar-refractivity contribution in [1.82, 2.24) is 10.2 Å². The highest BCUT2D eigenvalue weighted by Crippen LogP contribution is 2.28. The van der Waals surface area contributed by atoms with Gasteiger partial charge in [-0.05, 0) is 75.2 Å². The molecule has 3 aromatic rings. The van der Waals surface area contributed by atoms with Crippen molar-refractivity contribution in [2.24, 2.45) is 0 Å². The van der Waals surface area contributed by atoms with Crippen LogP contribution >= 0.6 is 23.2 Å². The second kappa shape index (κ2) is 12.7. The van der Waals surface area contributed by atoms with Gasteiger partial charge in [-0.3, -0.25) is 13.9 Å². The van der Waals surface area contributed by atoms with E-state index in [4.69, 9.17) is 23.2 Å². The summed E-state index contributed by atoms with van der Waals surface area (Å²) in [6, 6.07) is 18.6. The number of nitrogens with one attached hydrogen (secondary N) is 1.